The van der Waals surface area contributed by atoms with Crippen LogP contribution in [-0.4, -0.2) is 15.5 Å². The summed E-state index contributed by atoms with van der Waals surface area (Å²) in [4.78, 5) is 0.253. The van der Waals surface area contributed by atoms with Gasteiger partial charge < -0.3 is 10.5 Å². The number of rotatable bonds is 5. The summed E-state index contributed by atoms with van der Waals surface area (Å²) in [7, 11) is -1.90. The summed E-state index contributed by atoms with van der Waals surface area (Å²) in [6.07, 6.45) is 0. The van der Waals surface area contributed by atoms with Crippen molar-refractivity contribution in [2.75, 3.05) is 7.11 Å². The molecule has 0 aliphatic rings. The van der Waals surface area contributed by atoms with E-state index in [0.29, 0.717) is 12.3 Å². The van der Waals surface area contributed by atoms with E-state index >= 15 is 0 Å². The van der Waals surface area contributed by atoms with Gasteiger partial charge in [-0.2, -0.15) is 0 Å². The van der Waals surface area contributed by atoms with Crippen molar-refractivity contribution in [1.29, 1.82) is 0 Å². The van der Waals surface area contributed by atoms with Crippen LogP contribution < -0.4 is 10.5 Å². The minimum Gasteiger partial charge on any atom is -0.497 e. The van der Waals surface area contributed by atoms with Crippen LogP contribution in [0.25, 0.3) is 0 Å². The summed E-state index contributed by atoms with van der Waals surface area (Å²) in [6.45, 7) is 0.323. The fourth-order valence-corrected chi connectivity index (χ4v) is 3.42. The highest BCUT2D eigenvalue weighted by Gasteiger charge is 2.17. The second-order valence-electron chi connectivity index (χ2n) is 4.41. The highest BCUT2D eigenvalue weighted by molar-refractivity contribution is 7.90. The molecule has 106 valence electrons. The SMILES string of the molecule is COc1cccc(S(=O)(=O)Cc2ccccc2CN)c1. The molecule has 0 spiro atoms. The van der Waals surface area contributed by atoms with Crippen LogP contribution in [-0.2, 0) is 22.1 Å². The summed E-state index contributed by atoms with van der Waals surface area (Å²) in [5.41, 5.74) is 7.22. The second kappa shape index (κ2) is 6.07. The van der Waals surface area contributed by atoms with Gasteiger partial charge in [-0.05, 0) is 29.3 Å². The molecule has 5 heteroatoms. The van der Waals surface area contributed by atoms with Crippen molar-refractivity contribution in [3.8, 4) is 5.75 Å². The van der Waals surface area contributed by atoms with Gasteiger partial charge in [0.15, 0.2) is 9.84 Å². The number of methoxy groups -OCH3 is 1. The zero-order chi connectivity index (χ0) is 14.6. The van der Waals surface area contributed by atoms with E-state index in [-0.39, 0.29) is 10.6 Å². The molecule has 0 aliphatic heterocycles. The molecule has 0 aromatic heterocycles. The molecule has 2 aromatic carbocycles. The Balaban J connectivity index is 2.35. The molecule has 0 bridgehead atoms. The molecule has 0 amide bonds. The minimum absolute atomic E-state index is 0.0620. The standard InChI is InChI=1S/C15H17NO3S/c1-19-14-7-4-8-15(9-14)20(17,18)11-13-6-3-2-5-12(13)10-16/h2-9H,10-11,16H2,1H3. The first-order chi connectivity index (χ1) is 9.56. The van der Waals surface area contributed by atoms with Gasteiger partial charge in [-0.1, -0.05) is 30.3 Å². The van der Waals surface area contributed by atoms with Crippen LogP contribution in [0.2, 0.25) is 0 Å². The van der Waals surface area contributed by atoms with E-state index in [9.17, 15) is 8.42 Å². The third-order valence-electron chi connectivity index (χ3n) is 3.08. The number of benzene rings is 2. The third-order valence-corrected chi connectivity index (χ3v) is 4.75. The lowest BCUT2D eigenvalue weighted by Gasteiger charge is -2.09. The van der Waals surface area contributed by atoms with Gasteiger partial charge in [-0.3, -0.25) is 0 Å². The van der Waals surface area contributed by atoms with Gasteiger partial charge in [0.05, 0.1) is 17.8 Å². The van der Waals surface area contributed by atoms with E-state index in [1.54, 1.807) is 24.3 Å². The molecule has 0 saturated heterocycles. The summed E-state index contributed by atoms with van der Waals surface area (Å²) >= 11 is 0. The number of hydrogen-bond donors (Lipinski definition) is 1. The second-order valence-corrected chi connectivity index (χ2v) is 6.40. The molecular weight excluding hydrogens is 274 g/mol. The summed E-state index contributed by atoms with van der Waals surface area (Å²) in [5.74, 6) is 0.464. The van der Waals surface area contributed by atoms with E-state index in [1.165, 1.54) is 13.2 Å². The number of ether oxygens (including phenoxy) is 1. The number of nitrogens with two attached hydrogens (primary N) is 1. The molecule has 0 heterocycles. The molecule has 0 fully saturated rings. The van der Waals surface area contributed by atoms with Gasteiger partial charge in [0.2, 0.25) is 0 Å². The Labute approximate surface area is 119 Å². The zero-order valence-electron chi connectivity index (χ0n) is 11.2. The molecule has 2 N–H and O–H groups in total. The summed E-state index contributed by atoms with van der Waals surface area (Å²) in [6, 6.07) is 13.8. The first-order valence-electron chi connectivity index (χ1n) is 6.20. The maximum atomic E-state index is 12.4. The van der Waals surface area contributed by atoms with Crippen molar-refractivity contribution in [3.05, 3.63) is 59.7 Å². The minimum atomic E-state index is -3.41. The van der Waals surface area contributed by atoms with Crippen molar-refractivity contribution in [1.82, 2.24) is 0 Å². The van der Waals surface area contributed by atoms with Crippen LogP contribution in [0.1, 0.15) is 11.1 Å². The van der Waals surface area contributed by atoms with Gasteiger partial charge in [-0.15, -0.1) is 0 Å². The molecule has 4 nitrogen and oxygen atoms in total. The lowest BCUT2D eigenvalue weighted by Crippen LogP contribution is -2.09. The van der Waals surface area contributed by atoms with Gasteiger partial charge >= 0.3 is 0 Å². The maximum absolute atomic E-state index is 12.4. The fourth-order valence-electron chi connectivity index (χ4n) is 1.98. The number of hydrogen-bond acceptors (Lipinski definition) is 4. The Hall–Kier alpha value is -1.85. The summed E-state index contributed by atoms with van der Waals surface area (Å²) in [5, 5.41) is 0. The average Bonchev–Trinajstić information content (AvgIpc) is 2.47. The largest absolute Gasteiger partial charge is 0.497 e. The van der Waals surface area contributed by atoms with Gasteiger partial charge in [0, 0.05) is 6.54 Å². The van der Waals surface area contributed by atoms with Crippen molar-refractivity contribution in [2.45, 2.75) is 17.2 Å². The lowest BCUT2D eigenvalue weighted by molar-refractivity contribution is 0.413. The topological polar surface area (TPSA) is 69.4 Å². The van der Waals surface area contributed by atoms with Gasteiger partial charge in [0.25, 0.3) is 0 Å². The third kappa shape index (κ3) is 3.18. The Kier molecular flexibility index (Phi) is 4.42. The molecular formula is C15H17NO3S. The Bertz CT molecular complexity index is 696. The molecule has 0 aliphatic carbocycles. The van der Waals surface area contributed by atoms with Crippen molar-refractivity contribution >= 4 is 9.84 Å². The molecule has 2 rings (SSSR count). The predicted molar refractivity (Wildman–Crippen MR) is 78.2 cm³/mol. The number of sulfone groups is 1. The normalized spacial score (nSPS) is 11.3. The van der Waals surface area contributed by atoms with Crippen LogP contribution >= 0.6 is 0 Å². The van der Waals surface area contributed by atoms with E-state index in [2.05, 4.69) is 0 Å². The lowest BCUT2D eigenvalue weighted by atomic mass is 10.1. The Morgan fingerprint density at radius 1 is 1.05 bits per heavy atom. The first kappa shape index (κ1) is 14.6. The van der Waals surface area contributed by atoms with E-state index in [1.807, 2.05) is 18.2 Å². The molecule has 20 heavy (non-hydrogen) atoms. The maximum Gasteiger partial charge on any atom is 0.182 e. The molecule has 0 atom stereocenters. The zero-order valence-corrected chi connectivity index (χ0v) is 12.1. The van der Waals surface area contributed by atoms with Crippen LogP contribution in [0.3, 0.4) is 0 Å². The Morgan fingerprint density at radius 2 is 1.75 bits per heavy atom. The fraction of sp³-hybridized carbons (Fsp3) is 0.200. The highest BCUT2D eigenvalue weighted by atomic mass is 32.2. The Morgan fingerprint density at radius 3 is 2.40 bits per heavy atom. The van der Waals surface area contributed by atoms with Crippen LogP contribution in [0.5, 0.6) is 5.75 Å². The van der Waals surface area contributed by atoms with Crippen LogP contribution in [0, 0.1) is 0 Å². The van der Waals surface area contributed by atoms with E-state index in [0.717, 1.165) is 11.1 Å². The van der Waals surface area contributed by atoms with E-state index < -0.39 is 9.84 Å². The van der Waals surface area contributed by atoms with Gasteiger partial charge in [0.1, 0.15) is 5.75 Å². The quantitative estimate of drug-likeness (QED) is 0.916. The van der Waals surface area contributed by atoms with Crippen molar-refractivity contribution in [2.24, 2.45) is 5.73 Å². The smallest absolute Gasteiger partial charge is 0.182 e. The van der Waals surface area contributed by atoms with Crippen molar-refractivity contribution < 1.29 is 13.2 Å². The monoisotopic (exact) mass is 291 g/mol. The molecule has 0 radical (unpaired) electrons. The first-order valence-corrected chi connectivity index (χ1v) is 7.85. The molecule has 2 aromatic rings. The van der Waals surface area contributed by atoms with E-state index in [4.69, 9.17) is 10.5 Å². The molecule has 0 unspecified atom stereocenters. The highest BCUT2D eigenvalue weighted by Crippen LogP contribution is 2.22. The van der Waals surface area contributed by atoms with Crippen LogP contribution in [0.4, 0.5) is 0 Å². The van der Waals surface area contributed by atoms with Crippen LogP contribution in [0.15, 0.2) is 53.4 Å². The predicted octanol–water partition coefficient (Wildman–Crippen LogP) is 2.13. The molecule has 0 saturated carbocycles. The van der Waals surface area contributed by atoms with Crippen molar-refractivity contribution in [3.63, 3.8) is 0 Å². The van der Waals surface area contributed by atoms with Gasteiger partial charge in [-0.25, -0.2) is 8.42 Å². The summed E-state index contributed by atoms with van der Waals surface area (Å²) < 4.78 is 29.9. The average molecular weight is 291 g/mol.